The van der Waals surface area contributed by atoms with Crippen LogP contribution in [-0.2, 0) is 24.2 Å². The Morgan fingerprint density at radius 3 is 2.75 bits per heavy atom. The third kappa shape index (κ3) is 5.39. The molecule has 0 atom stereocenters. The first kappa shape index (κ1) is 20.0. The summed E-state index contributed by atoms with van der Waals surface area (Å²) in [6.07, 6.45) is 3.89. The van der Waals surface area contributed by atoms with Gasteiger partial charge in [0.15, 0.2) is 0 Å². The van der Waals surface area contributed by atoms with Gasteiger partial charge in [-0.2, -0.15) is 0 Å². The summed E-state index contributed by atoms with van der Waals surface area (Å²) < 4.78 is 5.63. The van der Waals surface area contributed by atoms with Crippen molar-refractivity contribution in [2.45, 2.75) is 39.7 Å². The van der Waals surface area contributed by atoms with Gasteiger partial charge in [-0.15, -0.1) is 11.3 Å². The SMILES string of the molecule is CCCOc1ncccc1CNC(=O)Cc1csc(-c2ccc(CC)cc2)n1. The fraction of sp³-hybridized carbons (Fsp3) is 0.318. The summed E-state index contributed by atoms with van der Waals surface area (Å²) in [6, 6.07) is 12.2. The zero-order chi connectivity index (χ0) is 19.8. The maximum atomic E-state index is 12.3. The molecule has 5 nitrogen and oxygen atoms in total. The molecule has 0 saturated heterocycles. The minimum Gasteiger partial charge on any atom is -0.477 e. The van der Waals surface area contributed by atoms with Crippen molar-refractivity contribution < 1.29 is 9.53 Å². The molecule has 2 heterocycles. The summed E-state index contributed by atoms with van der Waals surface area (Å²) in [6.45, 7) is 5.18. The summed E-state index contributed by atoms with van der Waals surface area (Å²) in [7, 11) is 0. The molecule has 28 heavy (non-hydrogen) atoms. The number of thiazole rings is 1. The molecule has 0 bridgehead atoms. The minimum atomic E-state index is -0.0662. The predicted octanol–water partition coefficient (Wildman–Crippen LogP) is 4.42. The van der Waals surface area contributed by atoms with Crippen molar-refractivity contribution in [3.63, 3.8) is 0 Å². The van der Waals surface area contributed by atoms with E-state index in [4.69, 9.17) is 4.74 Å². The molecule has 0 saturated carbocycles. The quantitative estimate of drug-likeness (QED) is 0.583. The number of ether oxygens (including phenoxy) is 1. The Hall–Kier alpha value is -2.73. The van der Waals surface area contributed by atoms with Crippen LogP contribution in [0.4, 0.5) is 0 Å². The van der Waals surface area contributed by atoms with Crippen LogP contribution in [0.25, 0.3) is 10.6 Å². The summed E-state index contributed by atoms with van der Waals surface area (Å²) >= 11 is 1.56. The highest BCUT2D eigenvalue weighted by molar-refractivity contribution is 7.13. The predicted molar refractivity (Wildman–Crippen MR) is 113 cm³/mol. The largest absolute Gasteiger partial charge is 0.477 e. The summed E-state index contributed by atoms with van der Waals surface area (Å²) in [4.78, 5) is 21.2. The van der Waals surface area contributed by atoms with Crippen molar-refractivity contribution in [2.75, 3.05) is 6.61 Å². The lowest BCUT2D eigenvalue weighted by Crippen LogP contribution is -2.25. The Morgan fingerprint density at radius 1 is 1.18 bits per heavy atom. The van der Waals surface area contributed by atoms with Crippen molar-refractivity contribution in [3.05, 3.63) is 64.8 Å². The number of carbonyl (C=O) groups is 1. The van der Waals surface area contributed by atoms with Gasteiger partial charge in [-0.25, -0.2) is 9.97 Å². The van der Waals surface area contributed by atoms with Crippen LogP contribution >= 0.6 is 11.3 Å². The molecule has 0 aliphatic heterocycles. The molecule has 3 aromatic rings. The number of hydrogen-bond donors (Lipinski definition) is 1. The normalized spacial score (nSPS) is 10.6. The van der Waals surface area contributed by atoms with Crippen LogP contribution in [0, 0.1) is 0 Å². The number of nitrogens with one attached hydrogen (secondary N) is 1. The number of aryl methyl sites for hydroxylation is 1. The Morgan fingerprint density at radius 2 is 2.00 bits per heavy atom. The topological polar surface area (TPSA) is 64.1 Å². The Labute approximate surface area is 169 Å². The third-order valence-corrected chi connectivity index (χ3v) is 5.21. The second-order valence-electron chi connectivity index (χ2n) is 6.46. The molecule has 0 aliphatic carbocycles. The summed E-state index contributed by atoms with van der Waals surface area (Å²) in [5.74, 6) is 0.514. The van der Waals surface area contributed by atoms with Gasteiger partial charge in [-0.05, 0) is 24.5 Å². The van der Waals surface area contributed by atoms with E-state index < -0.39 is 0 Å². The highest BCUT2D eigenvalue weighted by Gasteiger charge is 2.11. The van der Waals surface area contributed by atoms with Crippen molar-refractivity contribution >= 4 is 17.2 Å². The van der Waals surface area contributed by atoms with Crippen LogP contribution < -0.4 is 10.1 Å². The number of amides is 1. The maximum Gasteiger partial charge on any atom is 0.226 e. The molecule has 0 fully saturated rings. The number of nitrogens with zero attached hydrogens (tertiary/aromatic N) is 2. The minimum absolute atomic E-state index is 0.0662. The second kappa shape index (κ2) is 9.99. The number of aromatic nitrogens is 2. The first-order chi connectivity index (χ1) is 13.7. The fourth-order valence-electron chi connectivity index (χ4n) is 2.71. The maximum absolute atomic E-state index is 12.3. The first-order valence-corrected chi connectivity index (χ1v) is 10.4. The molecular weight excluding hydrogens is 370 g/mol. The average Bonchev–Trinajstić information content (AvgIpc) is 3.19. The average molecular weight is 396 g/mol. The third-order valence-electron chi connectivity index (χ3n) is 4.27. The van der Waals surface area contributed by atoms with Crippen molar-refractivity contribution in [3.8, 4) is 16.5 Å². The molecule has 146 valence electrons. The molecule has 0 radical (unpaired) electrons. The summed E-state index contributed by atoms with van der Waals surface area (Å²) in [5, 5.41) is 5.82. The molecule has 1 N–H and O–H groups in total. The molecule has 0 unspecified atom stereocenters. The van der Waals surface area contributed by atoms with Crippen molar-refractivity contribution in [2.24, 2.45) is 0 Å². The van der Waals surface area contributed by atoms with E-state index in [1.807, 2.05) is 24.4 Å². The van der Waals surface area contributed by atoms with E-state index in [0.29, 0.717) is 19.0 Å². The molecule has 0 spiro atoms. The first-order valence-electron chi connectivity index (χ1n) is 9.56. The van der Waals surface area contributed by atoms with Gasteiger partial charge in [-0.3, -0.25) is 4.79 Å². The Bertz CT molecular complexity index is 906. The van der Waals surface area contributed by atoms with Crippen LogP contribution in [0.5, 0.6) is 5.88 Å². The van der Waals surface area contributed by atoms with Gasteiger partial charge in [0.25, 0.3) is 0 Å². The Balaban J connectivity index is 1.56. The zero-order valence-corrected chi connectivity index (χ0v) is 17.1. The fourth-order valence-corrected chi connectivity index (χ4v) is 3.54. The molecule has 0 aliphatic rings. The monoisotopic (exact) mass is 395 g/mol. The van der Waals surface area contributed by atoms with Crippen LogP contribution in [0.2, 0.25) is 0 Å². The van der Waals surface area contributed by atoms with E-state index in [2.05, 4.69) is 46.5 Å². The van der Waals surface area contributed by atoms with Gasteiger partial charge < -0.3 is 10.1 Å². The van der Waals surface area contributed by atoms with Gasteiger partial charge in [-0.1, -0.05) is 44.2 Å². The van der Waals surface area contributed by atoms with Crippen LogP contribution in [0.15, 0.2) is 48.0 Å². The number of hydrogen-bond acceptors (Lipinski definition) is 5. The molecule has 3 rings (SSSR count). The lowest BCUT2D eigenvalue weighted by atomic mass is 10.1. The second-order valence-corrected chi connectivity index (χ2v) is 7.32. The van der Waals surface area contributed by atoms with E-state index in [1.165, 1.54) is 5.56 Å². The van der Waals surface area contributed by atoms with E-state index in [0.717, 1.165) is 34.7 Å². The van der Waals surface area contributed by atoms with Gasteiger partial charge in [0.05, 0.1) is 18.7 Å². The van der Waals surface area contributed by atoms with E-state index in [1.54, 1.807) is 17.5 Å². The number of carbonyl (C=O) groups excluding carboxylic acids is 1. The standard InChI is InChI=1S/C22H25N3O2S/c1-3-12-27-21-18(6-5-11-23-21)14-24-20(26)13-19-15-28-22(25-19)17-9-7-16(4-2)8-10-17/h5-11,15H,3-4,12-14H2,1-2H3,(H,24,26). The Kier molecular flexibility index (Phi) is 7.14. The van der Waals surface area contributed by atoms with E-state index in [9.17, 15) is 4.79 Å². The smallest absolute Gasteiger partial charge is 0.226 e. The van der Waals surface area contributed by atoms with E-state index in [-0.39, 0.29) is 12.3 Å². The van der Waals surface area contributed by atoms with Crippen molar-refractivity contribution in [1.29, 1.82) is 0 Å². The van der Waals surface area contributed by atoms with Gasteiger partial charge in [0, 0.05) is 29.2 Å². The molecule has 1 aromatic carbocycles. The number of pyridine rings is 1. The highest BCUT2D eigenvalue weighted by atomic mass is 32.1. The van der Waals surface area contributed by atoms with Crippen LogP contribution in [0.3, 0.4) is 0 Å². The van der Waals surface area contributed by atoms with Gasteiger partial charge in [0.2, 0.25) is 11.8 Å². The molecule has 1 amide bonds. The number of rotatable bonds is 9. The molecular formula is C22H25N3O2S. The zero-order valence-electron chi connectivity index (χ0n) is 16.3. The van der Waals surface area contributed by atoms with Crippen molar-refractivity contribution in [1.82, 2.24) is 15.3 Å². The highest BCUT2D eigenvalue weighted by Crippen LogP contribution is 2.24. The molecule has 2 aromatic heterocycles. The van der Waals surface area contributed by atoms with E-state index >= 15 is 0 Å². The lowest BCUT2D eigenvalue weighted by Gasteiger charge is -2.10. The van der Waals surface area contributed by atoms with Crippen LogP contribution in [-0.4, -0.2) is 22.5 Å². The van der Waals surface area contributed by atoms with Gasteiger partial charge >= 0.3 is 0 Å². The van der Waals surface area contributed by atoms with Crippen LogP contribution in [0.1, 0.15) is 37.1 Å². The number of benzene rings is 1. The molecule has 6 heteroatoms. The lowest BCUT2D eigenvalue weighted by molar-refractivity contribution is -0.120. The summed E-state index contributed by atoms with van der Waals surface area (Å²) in [5.41, 5.74) is 4.05. The van der Waals surface area contributed by atoms with Gasteiger partial charge in [0.1, 0.15) is 5.01 Å².